The smallest absolute Gasteiger partial charge is 0.294 e. The molecular formula is C7H6FN3. The first-order chi connectivity index (χ1) is 5.17. The minimum absolute atomic E-state index is 0.895. The van der Waals surface area contributed by atoms with Gasteiger partial charge in [-0.15, -0.1) is 0 Å². The minimum Gasteiger partial charge on any atom is -0.294 e. The second-order valence-electron chi connectivity index (χ2n) is 2.07. The Labute approximate surface area is 64.5 Å². The van der Waals surface area contributed by atoms with Crippen molar-refractivity contribution in [2.45, 2.75) is 19.1 Å². The van der Waals surface area contributed by atoms with E-state index in [0.717, 1.165) is 0 Å². The zero-order valence-electron chi connectivity index (χ0n) is 5.95. The number of hydrogen-bond donors (Lipinski definition) is 0. The summed E-state index contributed by atoms with van der Waals surface area (Å²) in [5, 5.41) is 16.5. The molecule has 0 aliphatic heterocycles. The van der Waals surface area contributed by atoms with Gasteiger partial charge >= 0.3 is 6.04 Å². The zero-order chi connectivity index (χ0) is 8.85. The van der Waals surface area contributed by atoms with Gasteiger partial charge in [-0.25, -0.2) is 11.0 Å². The van der Waals surface area contributed by atoms with Gasteiger partial charge in [-0.1, -0.05) is 0 Å². The molecule has 3 atom stereocenters. The Kier molecular flexibility index (Phi) is 3.63. The Hall–Kier alpha value is -1.60. The largest absolute Gasteiger partial charge is 0.338 e. The maximum atomic E-state index is 12.8. The first kappa shape index (κ1) is 9.40. The van der Waals surface area contributed by atoms with Gasteiger partial charge < -0.3 is 0 Å². The summed E-state index contributed by atoms with van der Waals surface area (Å²) >= 11 is 0. The van der Waals surface area contributed by atoms with Gasteiger partial charge in [-0.2, -0.15) is 10.5 Å². The Morgan fingerprint density at radius 3 is 2.27 bits per heavy atom. The SMILES string of the molecule is [C-]#[N+]C(C#N)C(F)C(C)C#N. The third-order valence-electron chi connectivity index (χ3n) is 1.25. The lowest BCUT2D eigenvalue weighted by atomic mass is 10.0. The first-order valence-electron chi connectivity index (χ1n) is 2.97. The fraction of sp³-hybridized carbons (Fsp3) is 0.571. The molecule has 0 aliphatic rings. The molecular weight excluding hydrogens is 145 g/mol. The lowest BCUT2D eigenvalue weighted by Gasteiger charge is -2.04. The van der Waals surface area contributed by atoms with Crippen LogP contribution in [-0.2, 0) is 0 Å². The van der Waals surface area contributed by atoms with Gasteiger partial charge in [0, 0.05) is 0 Å². The summed E-state index contributed by atoms with van der Waals surface area (Å²) in [5.74, 6) is -0.895. The third kappa shape index (κ3) is 2.24. The van der Waals surface area contributed by atoms with Crippen LogP contribution in [0.4, 0.5) is 4.39 Å². The van der Waals surface area contributed by atoms with Crippen molar-refractivity contribution in [3.8, 4) is 12.1 Å². The molecule has 0 fully saturated rings. The van der Waals surface area contributed by atoms with Crippen LogP contribution in [0.3, 0.4) is 0 Å². The molecule has 0 saturated carbocycles. The molecule has 0 bridgehead atoms. The molecule has 3 nitrogen and oxygen atoms in total. The number of halogens is 1. The second kappa shape index (κ2) is 4.25. The summed E-state index contributed by atoms with van der Waals surface area (Å²) in [4.78, 5) is 2.74. The molecule has 0 aromatic rings. The Bertz CT molecular complexity index is 228. The highest BCUT2D eigenvalue weighted by Gasteiger charge is 2.31. The van der Waals surface area contributed by atoms with Crippen molar-refractivity contribution in [3.05, 3.63) is 11.4 Å². The lowest BCUT2D eigenvalue weighted by molar-refractivity contribution is 0.276. The predicted molar refractivity (Wildman–Crippen MR) is 35.7 cm³/mol. The van der Waals surface area contributed by atoms with E-state index in [1.165, 1.54) is 13.0 Å². The van der Waals surface area contributed by atoms with Crippen molar-refractivity contribution in [2.24, 2.45) is 5.92 Å². The van der Waals surface area contributed by atoms with Gasteiger partial charge in [0.2, 0.25) is 6.17 Å². The molecule has 3 unspecified atom stereocenters. The van der Waals surface area contributed by atoms with Gasteiger partial charge in [-0.05, 0) is 6.92 Å². The predicted octanol–water partition coefficient (Wildman–Crippen LogP) is 1.30. The number of nitriles is 2. The van der Waals surface area contributed by atoms with Crippen LogP contribution < -0.4 is 0 Å². The highest BCUT2D eigenvalue weighted by Crippen LogP contribution is 2.12. The van der Waals surface area contributed by atoms with Crippen molar-refractivity contribution >= 4 is 0 Å². The van der Waals surface area contributed by atoms with Crippen LogP contribution in [0.15, 0.2) is 0 Å². The fourth-order valence-electron chi connectivity index (χ4n) is 0.516. The van der Waals surface area contributed by atoms with Crippen molar-refractivity contribution < 1.29 is 4.39 Å². The molecule has 0 saturated heterocycles. The molecule has 0 aromatic carbocycles. The average molecular weight is 151 g/mol. The van der Waals surface area contributed by atoms with Gasteiger partial charge in [0.25, 0.3) is 0 Å². The number of rotatable bonds is 2. The van der Waals surface area contributed by atoms with E-state index in [1.54, 1.807) is 6.07 Å². The molecule has 0 N–H and O–H groups in total. The molecule has 0 heterocycles. The number of nitrogens with zero attached hydrogens (tertiary/aromatic N) is 3. The van der Waals surface area contributed by atoms with Crippen molar-refractivity contribution in [2.75, 3.05) is 0 Å². The Morgan fingerprint density at radius 1 is 1.45 bits per heavy atom. The second-order valence-corrected chi connectivity index (χ2v) is 2.07. The summed E-state index contributed by atoms with van der Waals surface area (Å²) < 4.78 is 12.8. The zero-order valence-corrected chi connectivity index (χ0v) is 5.95. The maximum Gasteiger partial charge on any atom is 0.338 e. The maximum absolute atomic E-state index is 12.8. The Morgan fingerprint density at radius 2 is 2.00 bits per heavy atom. The monoisotopic (exact) mass is 151 g/mol. The lowest BCUT2D eigenvalue weighted by Crippen LogP contribution is -2.23. The van der Waals surface area contributed by atoms with Gasteiger partial charge in [-0.3, -0.25) is 4.85 Å². The quantitative estimate of drug-likeness (QED) is 0.558. The van der Waals surface area contributed by atoms with Gasteiger partial charge in [0.15, 0.2) is 6.07 Å². The minimum atomic E-state index is -1.66. The third-order valence-corrected chi connectivity index (χ3v) is 1.25. The van der Waals surface area contributed by atoms with Crippen molar-refractivity contribution in [1.82, 2.24) is 0 Å². The molecule has 0 amide bonds. The molecule has 0 radical (unpaired) electrons. The van der Waals surface area contributed by atoms with Gasteiger partial charge in [0.05, 0.1) is 12.0 Å². The summed E-state index contributed by atoms with van der Waals surface area (Å²) in [5.41, 5.74) is 0. The standard InChI is InChI=1S/C7H6FN3/c1-5(3-9)7(8)6(4-10)11-2/h5-7H,1H3. The van der Waals surface area contributed by atoms with E-state index in [0.29, 0.717) is 0 Å². The van der Waals surface area contributed by atoms with Crippen LogP contribution in [0.25, 0.3) is 4.85 Å². The van der Waals surface area contributed by atoms with Crippen LogP contribution in [0.1, 0.15) is 6.92 Å². The molecule has 4 heteroatoms. The molecule has 0 spiro atoms. The average Bonchev–Trinajstić information content (AvgIpc) is 2.05. The van der Waals surface area contributed by atoms with Crippen LogP contribution >= 0.6 is 0 Å². The number of alkyl halides is 1. The first-order valence-corrected chi connectivity index (χ1v) is 2.97. The van der Waals surface area contributed by atoms with Crippen LogP contribution in [0, 0.1) is 35.2 Å². The summed E-state index contributed by atoms with van der Waals surface area (Å²) in [6.45, 7) is 7.76. The van der Waals surface area contributed by atoms with Crippen LogP contribution in [0.2, 0.25) is 0 Å². The van der Waals surface area contributed by atoms with Crippen molar-refractivity contribution in [3.63, 3.8) is 0 Å². The van der Waals surface area contributed by atoms with E-state index in [4.69, 9.17) is 17.1 Å². The van der Waals surface area contributed by atoms with E-state index >= 15 is 0 Å². The number of hydrogen-bond acceptors (Lipinski definition) is 2. The van der Waals surface area contributed by atoms with E-state index in [9.17, 15) is 4.39 Å². The fourth-order valence-corrected chi connectivity index (χ4v) is 0.516. The van der Waals surface area contributed by atoms with E-state index in [-0.39, 0.29) is 0 Å². The molecule has 56 valence electrons. The van der Waals surface area contributed by atoms with Crippen LogP contribution in [-0.4, -0.2) is 12.2 Å². The summed E-state index contributed by atoms with van der Waals surface area (Å²) in [7, 11) is 0. The van der Waals surface area contributed by atoms with Crippen molar-refractivity contribution in [1.29, 1.82) is 10.5 Å². The summed E-state index contributed by atoms with van der Waals surface area (Å²) in [6.07, 6.45) is -1.66. The topological polar surface area (TPSA) is 51.9 Å². The highest BCUT2D eigenvalue weighted by molar-refractivity contribution is 5.07. The Balaban J connectivity index is 4.29. The molecule has 0 aromatic heterocycles. The van der Waals surface area contributed by atoms with E-state index < -0.39 is 18.1 Å². The van der Waals surface area contributed by atoms with Crippen LogP contribution in [0.5, 0.6) is 0 Å². The normalized spacial score (nSPS) is 16.6. The highest BCUT2D eigenvalue weighted by atomic mass is 19.1. The van der Waals surface area contributed by atoms with Gasteiger partial charge in [0.1, 0.15) is 0 Å². The molecule has 11 heavy (non-hydrogen) atoms. The van der Waals surface area contributed by atoms with E-state index in [1.807, 2.05) is 0 Å². The van der Waals surface area contributed by atoms with E-state index in [2.05, 4.69) is 4.85 Å². The molecule has 0 rings (SSSR count). The molecule has 0 aliphatic carbocycles. The summed E-state index contributed by atoms with van der Waals surface area (Å²) in [6, 6.07) is 1.79.